The lowest BCUT2D eigenvalue weighted by atomic mass is 10.0. The van der Waals surface area contributed by atoms with Gasteiger partial charge in [0.2, 0.25) is 0 Å². The van der Waals surface area contributed by atoms with Crippen LogP contribution in [-0.4, -0.2) is 55.4 Å². The van der Waals surface area contributed by atoms with Crippen molar-refractivity contribution in [1.29, 1.82) is 0 Å². The van der Waals surface area contributed by atoms with Crippen LogP contribution in [0.2, 0.25) is 0 Å². The molecule has 1 heterocycles. The van der Waals surface area contributed by atoms with Gasteiger partial charge in [-0.3, -0.25) is 9.69 Å². The Morgan fingerprint density at radius 3 is 2.83 bits per heavy atom. The first-order valence-corrected chi connectivity index (χ1v) is 6.67. The maximum Gasteiger partial charge on any atom is 0.184 e. The lowest BCUT2D eigenvalue weighted by molar-refractivity contribution is 0.0682. The van der Waals surface area contributed by atoms with Gasteiger partial charge in [0.25, 0.3) is 0 Å². The number of carbonyl (C=O) groups is 1. The first kappa shape index (κ1) is 13.6. The Morgan fingerprint density at radius 1 is 1.39 bits per heavy atom. The first-order chi connectivity index (χ1) is 8.50. The summed E-state index contributed by atoms with van der Waals surface area (Å²) >= 11 is 3.11. The van der Waals surface area contributed by atoms with Crippen molar-refractivity contribution in [3.05, 3.63) is 34.1 Å². The Hall–Kier alpha value is -0.780. The number of likely N-dealkylation sites (N-methyl/N-ethyl adjacent to an activating group) is 2. The highest BCUT2D eigenvalue weighted by Crippen LogP contribution is 2.21. The Balaban J connectivity index is 2.27. The van der Waals surface area contributed by atoms with Crippen LogP contribution in [0.5, 0.6) is 0 Å². The third-order valence-corrected chi connectivity index (χ3v) is 3.98. The van der Waals surface area contributed by atoms with E-state index >= 15 is 0 Å². The number of carbonyl (C=O) groups excluding carboxylic acids is 1. The number of Topliss-reactive ketones (excluding diaryl/α,β-unsaturated/α-hetero) is 1. The predicted molar refractivity (Wildman–Crippen MR) is 72.3 cm³/mol. The lowest BCUT2D eigenvalue weighted by Gasteiger charge is -2.36. The fourth-order valence-electron chi connectivity index (χ4n) is 2.17. The van der Waals surface area contributed by atoms with E-state index in [1.165, 1.54) is 0 Å². The minimum Gasteiger partial charge on any atom is -0.303 e. The van der Waals surface area contributed by atoms with E-state index in [1.54, 1.807) is 18.2 Å². The standard InChI is InChI=1S/C13H16BrFN2O/c1-16-6-7-17(2)11(8-16)13(18)9-4-3-5-10(14)12(9)15/h3-5,11H,6-8H2,1-2H3. The topological polar surface area (TPSA) is 23.6 Å². The molecule has 0 bridgehead atoms. The highest BCUT2D eigenvalue weighted by molar-refractivity contribution is 9.10. The largest absolute Gasteiger partial charge is 0.303 e. The Kier molecular flexibility index (Phi) is 4.14. The second-order valence-electron chi connectivity index (χ2n) is 4.72. The van der Waals surface area contributed by atoms with Crippen molar-refractivity contribution in [3.63, 3.8) is 0 Å². The van der Waals surface area contributed by atoms with Crippen molar-refractivity contribution in [2.75, 3.05) is 33.7 Å². The van der Waals surface area contributed by atoms with E-state index < -0.39 is 5.82 Å². The number of rotatable bonds is 2. The molecule has 1 fully saturated rings. The summed E-state index contributed by atoms with van der Waals surface area (Å²) in [5, 5.41) is 0. The number of halogens is 2. The molecular formula is C13H16BrFN2O. The molecule has 0 aromatic heterocycles. The van der Waals surface area contributed by atoms with Crippen LogP contribution in [0.3, 0.4) is 0 Å². The Morgan fingerprint density at radius 2 is 2.11 bits per heavy atom. The van der Waals surface area contributed by atoms with Gasteiger partial charge < -0.3 is 4.90 Å². The van der Waals surface area contributed by atoms with Crippen molar-refractivity contribution in [3.8, 4) is 0 Å². The van der Waals surface area contributed by atoms with E-state index in [-0.39, 0.29) is 17.4 Å². The number of nitrogens with zero attached hydrogens (tertiary/aromatic N) is 2. The molecule has 1 aromatic carbocycles. The van der Waals surface area contributed by atoms with Crippen LogP contribution in [0.1, 0.15) is 10.4 Å². The molecule has 1 saturated heterocycles. The normalized spacial score (nSPS) is 22.1. The molecule has 5 heteroatoms. The van der Waals surface area contributed by atoms with Gasteiger partial charge in [-0.2, -0.15) is 0 Å². The van der Waals surface area contributed by atoms with Crippen molar-refractivity contribution in [2.45, 2.75) is 6.04 Å². The number of hydrogen-bond donors (Lipinski definition) is 0. The molecule has 0 spiro atoms. The summed E-state index contributed by atoms with van der Waals surface area (Å²) in [5.74, 6) is -0.619. The van der Waals surface area contributed by atoms with E-state index in [1.807, 2.05) is 19.0 Å². The van der Waals surface area contributed by atoms with E-state index in [0.29, 0.717) is 11.0 Å². The van der Waals surface area contributed by atoms with Crippen LogP contribution in [0.15, 0.2) is 22.7 Å². The van der Waals surface area contributed by atoms with Gasteiger partial charge in [0.05, 0.1) is 16.1 Å². The zero-order chi connectivity index (χ0) is 13.3. The average molecular weight is 315 g/mol. The lowest BCUT2D eigenvalue weighted by Crippen LogP contribution is -2.53. The summed E-state index contributed by atoms with van der Waals surface area (Å²) in [6, 6.07) is 4.56. The number of ketones is 1. The SMILES string of the molecule is CN1CCN(C)C(C(=O)c2cccc(Br)c2F)C1. The molecule has 0 aliphatic carbocycles. The summed E-state index contributed by atoms with van der Waals surface area (Å²) in [6.07, 6.45) is 0. The summed E-state index contributed by atoms with van der Waals surface area (Å²) < 4.78 is 14.3. The molecule has 1 unspecified atom stereocenters. The third-order valence-electron chi connectivity index (χ3n) is 3.37. The van der Waals surface area contributed by atoms with Gasteiger partial charge in [0.1, 0.15) is 5.82 Å². The molecule has 2 rings (SSSR count). The summed E-state index contributed by atoms with van der Waals surface area (Å²) in [7, 11) is 3.88. The van der Waals surface area contributed by atoms with Crippen LogP contribution in [0.25, 0.3) is 0 Å². The van der Waals surface area contributed by atoms with Crippen LogP contribution >= 0.6 is 15.9 Å². The van der Waals surface area contributed by atoms with E-state index in [4.69, 9.17) is 0 Å². The second kappa shape index (κ2) is 5.47. The van der Waals surface area contributed by atoms with Crippen LogP contribution in [0.4, 0.5) is 4.39 Å². The predicted octanol–water partition coefficient (Wildman–Crippen LogP) is 2.02. The van der Waals surface area contributed by atoms with E-state index in [2.05, 4.69) is 20.8 Å². The Bertz CT molecular complexity index is 466. The summed E-state index contributed by atoms with van der Waals surface area (Å²) in [6.45, 7) is 2.39. The Labute approximate surface area is 115 Å². The van der Waals surface area contributed by atoms with Crippen molar-refractivity contribution in [1.82, 2.24) is 9.80 Å². The van der Waals surface area contributed by atoms with Gasteiger partial charge >= 0.3 is 0 Å². The monoisotopic (exact) mass is 314 g/mol. The minimum absolute atomic E-state index is 0.150. The molecule has 0 radical (unpaired) electrons. The van der Waals surface area contributed by atoms with Crippen molar-refractivity contribution < 1.29 is 9.18 Å². The fraction of sp³-hybridized carbons (Fsp3) is 0.462. The molecule has 0 saturated carbocycles. The summed E-state index contributed by atoms with van der Waals surface area (Å²) in [5.41, 5.74) is 0.163. The van der Waals surface area contributed by atoms with Crippen molar-refractivity contribution in [2.24, 2.45) is 0 Å². The number of benzene rings is 1. The third kappa shape index (κ3) is 2.63. The average Bonchev–Trinajstić information content (AvgIpc) is 2.35. The minimum atomic E-state index is -0.468. The molecule has 1 atom stereocenters. The maximum absolute atomic E-state index is 13.9. The highest BCUT2D eigenvalue weighted by Gasteiger charge is 2.30. The molecule has 98 valence electrons. The zero-order valence-electron chi connectivity index (χ0n) is 10.5. The highest BCUT2D eigenvalue weighted by atomic mass is 79.9. The molecule has 1 aromatic rings. The fourth-order valence-corrected chi connectivity index (χ4v) is 2.53. The summed E-state index contributed by atoms with van der Waals surface area (Å²) in [4.78, 5) is 16.5. The van der Waals surface area contributed by atoms with Gasteiger partial charge in [-0.1, -0.05) is 6.07 Å². The van der Waals surface area contributed by atoms with Crippen LogP contribution in [-0.2, 0) is 0 Å². The smallest absolute Gasteiger partial charge is 0.184 e. The quantitative estimate of drug-likeness (QED) is 0.780. The van der Waals surface area contributed by atoms with Gasteiger partial charge in [-0.25, -0.2) is 4.39 Å². The molecular weight excluding hydrogens is 299 g/mol. The molecule has 0 amide bonds. The number of piperazine rings is 1. The maximum atomic E-state index is 13.9. The van der Waals surface area contributed by atoms with Gasteiger partial charge in [-0.15, -0.1) is 0 Å². The van der Waals surface area contributed by atoms with Gasteiger partial charge in [0.15, 0.2) is 5.78 Å². The van der Waals surface area contributed by atoms with E-state index in [0.717, 1.165) is 13.1 Å². The molecule has 0 N–H and O–H groups in total. The van der Waals surface area contributed by atoms with Crippen molar-refractivity contribution >= 4 is 21.7 Å². The van der Waals surface area contributed by atoms with Crippen LogP contribution < -0.4 is 0 Å². The van der Waals surface area contributed by atoms with E-state index in [9.17, 15) is 9.18 Å². The molecule has 3 nitrogen and oxygen atoms in total. The first-order valence-electron chi connectivity index (χ1n) is 5.87. The van der Waals surface area contributed by atoms with Crippen LogP contribution in [0, 0.1) is 5.82 Å². The zero-order valence-corrected chi connectivity index (χ0v) is 12.1. The van der Waals surface area contributed by atoms with Gasteiger partial charge in [-0.05, 0) is 42.2 Å². The number of hydrogen-bond acceptors (Lipinski definition) is 3. The molecule has 18 heavy (non-hydrogen) atoms. The molecule has 1 aliphatic heterocycles. The molecule has 1 aliphatic rings. The second-order valence-corrected chi connectivity index (χ2v) is 5.58. The van der Waals surface area contributed by atoms with Gasteiger partial charge in [0, 0.05) is 19.6 Å².